The van der Waals surface area contributed by atoms with Crippen molar-refractivity contribution in [1.82, 2.24) is 4.90 Å². The summed E-state index contributed by atoms with van der Waals surface area (Å²) in [5.74, 6) is 0.245. The van der Waals surface area contributed by atoms with E-state index in [4.69, 9.17) is 9.47 Å². The van der Waals surface area contributed by atoms with E-state index in [0.717, 1.165) is 11.1 Å². The van der Waals surface area contributed by atoms with Gasteiger partial charge >= 0.3 is 11.8 Å². The normalized spacial score (nSPS) is 12.9. The topological polar surface area (TPSA) is 81.9 Å². The Hall–Kier alpha value is -2.31. The maximum Gasteiger partial charge on any atom is 0.410 e. The zero-order valence-corrected chi connectivity index (χ0v) is 15.4. The lowest BCUT2D eigenvalue weighted by Crippen LogP contribution is -2.33. The van der Waals surface area contributed by atoms with Crippen molar-refractivity contribution in [2.24, 2.45) is 0 Å². The third-order valence-electron chi connectivity index (χ3n) is 3.49. The number of rotatable bonds is 2. The number of nitro groups is 1. The molecule has 0 radical (unpaired) electrons. The van der Waals surface area contributed by atoms with Gasteiger partial charge in [-0.25, -0.2) is 4.79 Å². The van der Waals surface area contributed by atoms with Gasteiger partial charge in [0.2, 0.25) is 0 Å². The smallest absolute Gasteiger partial charge is 0.410 e. The van der Waals surface area contributed by atoms with E-state index in [1.54, 1.807) is 27.7 Å². The van der Waals surface area contributed by atoms with Crippen LogP contribution in [-0.4, -0.2) is 28.6 Å². The van der Waals surface area contributed by atoms with Crippen LogP contribution in [0.5, 0.6) is 5.75 Å². The van der Waals surface area contributed by atoms with Gasteiger partial charge in [-0.3, -0.25) is 15.0 Å². The summed E-state index contributed by atoms with van der Waals surface area (Å²) in [5.41, 5.74) is 1.68. The minimum absolute atomic E-state index is 0.0789. The van der Waals surface area contributed by atoms with Crippen LogP contribution in [-0.2, 0) is 17.8 Å². The fraction of sp³-hybridized carbons (Fsp3) is 0.588. The highest BCUT2D eigenvalue weighted by molar-refractivity contribution is 5.70. The highest BCUT2D eigenvalue weighted by Crippen LogP contribution is 2.39. The zero-order chi connectivity index (χ0) is 18.7. The summed E-state index contributed by atoms with van der Waals surface area (Å²) in [6.45, 7) is 11.8. The molecule has 0 aliphatic carbocycles. The number of benzene rings is 1. The van der Waals surface area contributed by atoms with Crippen LogP contribution in [0.4, 0.5) is 10.5 Å². The van der Waals surface area contributed by atoms with E-state index in [1.807, 2.05) is 13.8 Å². The van der Waals surface area contributed by atoms with E-state index in [-0.39, 0.29) is 11.4 Å². The lowest BCUT2D eigenvalue weighted by Gasteiger charge is -2.24. The summed E-state index contributed by atoms with van der Waals surface area (Å²) in [4.78, 5) is 24.4. The van der Waals surface area contributed by atoms with E-state index < -0.39 is 16.6 Å². The Morgan fingerprint density at radius 3 is 2.33 bits per heavy atom. The number of nitro benzene ring substituents is 1. The second-order valence-corrected chi connectivity index (χ2v) is 6.29. The first-order chi connectivity index (χ1) is 11.1. The molecule has 7 nitrogen and oxygen atoms in total. The Bertz CT molecular complexity index is 635. The molecule has 0 bridgehead atoms. The molecule has 1 aliphatic heterocycles. The van der Waals surface area contributed by atoms with Gasteiger partial charge < -0.3 is 9.47 Å². The fourth-order valence-electron chi connectivity index (χ4n) is 2.55. The summed E-state index contributed by atoms with van der Waals surface area (Å²) < 4.78 is 10.5. The summed E-state index contributed by atoms with van der Waals surface area (Å²) in [6, 6.07) is 1.48. The number of hydrogen-bond acceptors (Lipinski definition) is 5. The van der Waals surface area contributed by atoms with Crippen LogP contribution < -0.4 is 4.74 Å². The van der Waals surface area contributed by atoms with Crippen LogP contribution in [0.1, 0.15) is 51.3 Å². The number of ether oxygens (including phenoxy) is 2. The number of fused-ring (bicyclic) bond motifs is 1. The predicted octanol–water partition coefficient (Wildman–Crippen LogP) is 4.19. The first-order valence-electron chi connectivity index (χ1n) is 7.95. The lowest BCUT2D eigenvalue weighted by molar-refractivity contribution is -0.385. The van der Waals surface area contributed by atoms with Crippen molar-refractivity contribution in [1.29, 1.82) is 0 Å². The molecule has 1 aromatic rings. The summed E-state index contributed by atoms with van der Waals surface area (Å²) >= 11 is 0. The van der Waals surface area contributed by atoms with Crippen LogP contribution in [0, 0.1) is 17.0 Å². The third-order valence-corrected chi connectivity index (χ3v) is 3.49. The molecule has 1 heterocycles. The number of carbonyl (C=O) groups is 1. The van der Waals surface area contributed by atoms with Gasteiger partial charge in [-0.1, -0.05) is 13.8 Å². The molecular formula is C17H26N2O5. The fourth-order valence-corrected chi connectivity index (χ4v) is 2.55. The van der Waals surface area contributed by atoms with Gasteiger partial charge in [0, 0.05) is 18.2 Å². The van der Waals surface area contributed by atoms with Crippen LogP contribution in [0.2, 0.25) is 0 Å². The number of hydrogen-bond donors (Lipinski definition) is 0. The minimum atomic E-state index is -0.579. The summed E-state index contributed by atoms with van der Waals surface area (Å²) in [7, 11) is 1.41. The molecule has 134 valence electrons. The van der Waals surface area contributed by atoms with Crippen molar-refractivity contribution in [3.63, 3.8) is 0 Å². The summed E-state index contributed by atoms with van der Waals surface area (Å²) in [5, 5.41) is 11.2. The maximum absolute atomic E-state index is 12.2. The van der Waals surface area contributed by atoms with Crippen molar-refractivity contribution in [2.45, 2.75) is 60.2 Å². The number of carbonyl (C=O) groups excluding carboxylic acids is 1. The Labute approximate surface area is 142 Å². The molecule has 0 saturated heterocycles. The first-order valence-corrected chi connectivity index (χ1v) is 7.95. The van der Waals surface area contributed by atoms with Crippen LogP contribution in [0.3, 0.4) is 0 Å². The van der Waals surface area contributed by atoms with Crippen LogP contribution in [0.15, 0.2) is 6.07 Å². The monoisotopic (exact) mass is 338 g/mol. The van der Waals surface area contributed by atoms with Crippen molar-refractivity contribution in [3.05, 3.63) is 32.9 Å². The van der Waals surface area contributed by atoms with Crippen molar-refractivity contribution in [3.8, 4) is 5.75 Å². The Balaban J connectivity index is 0.00000139. The van der Waals surface area contributed by atoms with Gasteiger partial charge in [0.1, 0.15) is 5.60 Å². The van der Waals surface area contributed by atoms with Gasteiger partial charge in [-0.15, -0.1) is 0 Å². The molecule has 0 N–H and O–H groups in total. The van der Waals surface area contributed by atoms with E-state index in [1.165, 1.54) is 18.1 Å². The average molecular weight is 338 g/mol. The predicted molar refractivity (Wildman–Crippen MR) is 91.2 cm³/mol. The Morgan fingerprint density at radius 1 is 1.29 bits per heavy atom. The molecule has 1 aromatic carbocycles. The second-order valence-electron chi connectivity index (χ2n) is 6.29. The van der Waals surface area contributed by atoms with Gasteiger partial charge in [-0.2, -0.15) is 0 Å². The molecular weight excluding hydrogens is 312 g/mol. The molecule has 7 heteroatoms. The molecule has 0 unspecified atom stereocenters. The summed E-state index contributed by atoms with van der Waals surface area (Å²) in [6.07, 6.45) is -0.426. The highest BCUT2D eigenvalue weighted by atomic mass is 16.6. The molecule has 1 amide bonds. The molecule has 0 aromatic heterocycles. The van der Waals surface area contributed by atoms with Crippen LogP contribution in [0.25, 0.3) is 0 Å². The number of amides is 1. The van der Waals surface area contributed by atoms with E-state index in [9.17, 15) is 14.9 Å². The quantitative estimate of drug-likeness (QED) is 0.596. The molecule has 0 fully saturated rings. The lowest BCUT2D eigenvalue weighted by atomic mass is 10.0. The van der Waals surface area contributed by atoms with Crippen molar-refractivity contribution < 1.29 is 19.2 Å². The maximum atomic E-state index is 12.2. The number of methoxy groups -OCH3 is 1. The zero-order valence-electron chi connectivity index (χ0n) is 15.4. The molecule has 2 rings (SSSR count). The molecule has 0 saturated carbocycles. The number of nitrogens with zero attached hydrogens (tertiary/aromatic N) is 2. The van der Waals surface area contributed by atoms with Gasteiger partial charge in [0.15, 0.2) is 5.75 Å². The highest BCUT2D eigenvalue weighted by Gasteiger charge is 2.32. The minimum Gasteiger partial charge on any atom is -0.490 e. The molecule has 0 atom stereocenters. The van der Waals surface area contributed by atoms with Gasteiger partial charge in [0.05, 0.1) is 18.6 Å². The van der Waals surface area contributed by atoms with Gasteiger partial charge in [-0.05, 0) is 38.8 Å². The second kappa shape index (κ2) is 7.51. The van der Waals surface area contributed by atoms with Crippen LogP contribution >= 0.6 is 0 Å². The van der Waals surface area contributed by atoms with E-state index in [0.29, 0.717) is 18.7 Å². The standard InChI is InChI=1S/C15H20N2O5.C2H6/c1-9-11-8-16(14(18)22-15(2,3)4)7-10(11)6-12(17(19)20)13(9)21-5;1-2/h6H,7-8H2,1-5H3;1-2H3. The largest absolute Gasteiger partial charge is 0.490 e. The van der Waals surface area contributed by atoms with Gasteiger partial charge in [0.25, 0.3) is 0 Å². The Morgan fingerprint density at radius 2 is 1.88 bits per heavy atom. The van der Waals surface area contributed by atoms with Crippen molar-refractivity contribution in [2.75, 3.05) is 7.11 Å². The van der Waals surface area contributed by atoms with Crippen molar-refractivity contribution >= 4 is 11.8 Å². The first kappa shape index (κ1) is 19.7. The third kappa shape index (κ3) is 4.15. The average Bonchev–Trinajstić information content (AvgIpc) is 2.92. The molecule has 1 aliphatic rings. The molecule has 24 heavy (non-hydrogen) atoms. The SMILES string of the molecule is CC.COc1c([N+](=O)[O-])cc2c(c1C)CN(C(=O)OC(C)(C)C)C2. The van der Waals surface area contributed by atoms with E-state index in [2.05, 4.69) is 0 Å². The Kier molecular flexibility index (Phi) is 6.17. The van der Waals surface area contributed by atoms with E-state index >= 15 is 0 Å². The molecule has 0 spiro atoms.